The number of nitrogens with one attached hydrogen (secondary N) is 1. The molecule has 0 bridgehead atoms. The van der Waals surface area contributed by atoms with Gasteiger partial charge in [0.25, 0.3) is 10.0 Å². The van der Waals surface area contributed by atoms with Crippen LogP contribution >= 0.6 is 11.3 Å². The van der Waals surface area contributed by atoms with E-state index in [9.17, 15) is 17.6 Å². The summed E-state index contributed by atoms with van der Waals surface area (Å²) in [5.74, 6) is -1.73. The molecular formula is C12H10FNO4S2. The molecule has 0 radical (unpaired) electrons. The molecule has 1 aromatic heterocycles. The summed E-state index contributed by atoms with van der Waals surface area (Å²) in [6.07, 6.45) is 0. The Labute approximate surface area is 118 Å². The molecule has 0 spiro atoms. The van der Waals surface area contributed by atoms with Crippen molar-refractivity contribution in [2.45, 2.75) is 11.1 Å². The Morgan fingerprint density at radius 2 is 2.05 bits per heavy atom. The molecule has 8 heteroatoms. The maximum Gasteiger partial charge on any atom is 0.336 e. The van der Waals surface area contributed by atoms with Crippen molar-refractivity contribution >= 4 is 33.0 Å². The molecule has 0 saturated carbocycles. The minimum Gasteiger partial charge on any atom is -0.478 e. The van der Waals surface area contributed by atoms with Crippen molar-refractivity contribution in [2.24, 2.45) is 0 Å². The molecule has 2 rings (SSSR count). The van der Waals surface area contributed by atoms with Crippen molar-refractivity contribution in [1.29, 1.82) is 0 Å². The fourth-order valence-electron chi connectivity index (χ4n) is 1.43. The lowest BCUT2D eigenvalue weighted by Crippen LogP contribution is -2.11. The van der Waals surface area contributed by atoms with Gasteiger partial charge in [-0.25, -0.2) is 17.6 Å². The van der Waals surface area contributed by atoms with Crippen LogP contribution < -0.4 is 4.72 Å². The molecule has 0 aliphatic rings. The minimum atomic E-state index is -3.92. The molecule has 2 N–H and O–H groups in total. The number of halogens is 1. The predicted octanol–water partition coefficient (Wildman–Crippen LogP) is 2.69. The highest BCUT2D eigenvalue weighted by atomic mass is 32.2. The molecule has 0 aliphatic heterocycles. The van der Waals surface area contributed by atoms with Crippen molar-refractivity contribution in [3.8, 4) is 0 Å². The minimum absolute atomic E-state index is 0.0818. The largest absolute Gasteiger partial charge is 0.478 e. The number of carboxylic acids is 1. The van der Waals surface area contributed by atoms with Gasteiger partial charge in [0.15, 0.2) is 0 Å². The van der Waals surface area contributed by atoms with Gasteiger partial charge in [0, 0.05) is 5.38 Å². The van der Waals surface area contributed by atoms with Crippen LogP contribution in [0.3, 0.4) is 0 Å². The average molecular weight is 315 g/mol. The molecule has 5 nitrogen and oxygen atoms in total. The summed E-state index contributed by atoms with van der Waals surface area (Å²) in [4.78, 5) is 10.7. The van der Waals surface area contributed by atoms with Crippen LogP contribution in [0.4, 0.5) is 10.1 Å². The van der Waals surface area contributed by atoms with E-state index < -0.39 is 21.8 Å². The van der Waals surface area contributed by atoms with E-state index >= 15 is 0 Å². The Morgan fingerprint density at radius 3 is 2.60 bits per heavy atom. The van der Waals surface area contributed by atoms with Gasteiger partial charge in [-0.05, 0) is 30.7 Å². The SMILES string of the molecule is Cc1ccc(NS(=O)(=O)c2cc(C(=O)O)cs2)cc1F. The lowest BCUT2D eigenvalue weighted by atomic mass is 10.2. The standard InChI is InChI=1S/C12H10FNO4S2/c1-7-2-3-9(5-10(7)13)14-20(17,18)11-4-8(6-19-11)12(15)16/h2-6,14H,1H3,(H,15,16). The summed E-state index contributed by atoms with van der Waals surface area (Å²) < 4.78 is 39.5. The van der Waals surface area contributed by atoms with Crippen LogP contribution in [-0.4, -0.2) is 19.5 Å². The quantitative estimate of drug-likeness (QED) is 0.908. The van der Waals surface area contributed by atoms with E-state index in [2.05, 4.69) is 4.72 Å². The van der Waals surface area contributed by atoms with E-state index in [0.717, 1.165) is 23.5 Å². The summed E-state index contributed by atoms with van der Waals surface area (Å²) in [7, 11) is -3.92. The highest BCUT2D eigenvalue weighted by molar-refractivity contribution is 7.94. The molecule has 0 atom stereocenters. The normalized spacial score (nSPS) is 11.3. The van der Waals surface area contributed by atoms with Gasteiger partial charge >= 0.3 is 5.97 Å². The summed E-state index contributed by atoms with van der Waals surface area (Å²) in [5.41, 5.74) is 0.376. The van der Waals surface area contributed by atoms with Crippen molar-refractivity contribution in [2.75, 3.05) is 4.72 Å². The molecular weight excluding hydrogens is 305 g/mol. The second-order valence-electron chi connectivity index (χ2n) is 4.03. The van der Waals surface area contributed by atoms with Gasteiger partial charge in [-0.2, -0.15) is 0 Å². The lowest BCUT2D eigenvalue weighted by Gasteiger charge is -2.07. The van der Waals surface area contributed by atoms with E-state index in [1.165, 1.54) is 17.5 Å². The number of hydrogen-bond donors (Lipinski definition) is 2. The topological polar surface area (TPSA) is 83.5 Å². The number of anilines is 1. The Morgan fingerprint density at radius 1 is 1.35 bits per heavy atom. The second-order valence-corrected chi connectivity index (χ2v) is 6.85. The molecule has 106 valence electrons. The monoisotopic (exact) mass is 315 g/mol. The first kappa shape index (κ1) is 14.5. The molecule has 1 aromatic carbocycles. The third-order valence-corrected chi connectivity index (χ3v) is 5.33. The maximum absolute atomic E-state index is 13.4. The fourth-order valence-corrected chi connectivity index (χ4v) is 3.63. The number of aromatic carboxylic acids is 1. The van der Waals surface area contributed by atoms with Crippen LogP contribution in [0.1, 0.15) is 15.9 Å². The fraction of sp³-hybridized carbons (Fsp3) is 0.0833. The Balaban J connectivity index is 2.30. The van der Waals surface area contributed by atoms with Crippen LogP contribution in [-0.2, 0) is 10.0 Å². The molecule has 0 aliphatic carbocycles. The highest BCUT2D eigenvalue weighted by Gasteiger charge is 2.19. The van der Waals surface area contributed by atoms with Gasteiger partial charge in [-0.15, -0.1) is 11.3 Å². The number of sulfonamides is 1. The first-order chi connectivity index (χ1) is 9.29. The van der Waals surface area contributed by atoms with Gasteiger partial charge < -0.3 is 5.11 Å². The van der Waals surface area contributed by atoms with E-state index in [1.807, 2.05) is 0 Å². The third-order valence-electron chi connectivity index (χ3n) is 2.51. The maximum atomic E-state index is 13.4. The molecule has 20 heavy (non-hydrogen) atoms. The smallest absolute Gasteiger partial charge is 0.336 e. The first-order valence-electron chi connectivity index (χ1n) is 5.40. The van der Waals surface area contributed by atoms with Crippen LogP contribution in [0.5, 0.6) is 0 Å². The number of benzene rings is 1. The van der Waals surface area contributed by atoms with E-state index in [4.69, 9.17) is 5.11 Å². The molecule has 0 amide bonds. The first-order valence-corrected chi connectivity index (χ1v) is 7.76. The zero-order valence-corrected chi connectivity index (χ0v) is 11.9. The van der Waals surface area contributed by atoms with Gasteiger partial charge in [0.1, 0.15) is 10.0 Å². The number of hydrogen-bond acceptors (Lipinski definition) is 4. The molecule has 0 unspecified atom stereocenters. The van der Waals surface area contributed by atoms with Crippen LogP contribution in [0.25, 0.3) is 0 Å². The average Bonchev–Trinajstić information content (AvgIpc) is 2.84. The Hall–Kier alpha value is -1.93. The number of carbonyl (C=O) groups is 1. The molecule has 0 saturated heterocycles. The molecule has 2 aromatic rings. The lowest BCUT2D eigenvalue weighted by molar-refractivity contribution is 0.0697. The predicted molar refractivity (Wildman–Crippen MR) is 73.2 cm³/mol. The van der Waals surface area contributed by atoms with Gasteiger partial charge in [0.05, 0.1) is 11.3 Å². The molecule has 0 fully saturated rings. The van der Waals surface area contributed by atoms with Crippen LogP contribution in [0.15, 0.2) is 33.9 Å². The molecule has 1 heterocycles. The van der Waals surface area contributed by atoms with Gasteiger partial charge in [-0.3, -0.25) is 4.72 Å². The van der Waals surface area contributed by atoms with Gasteiger partial charge in [0.2, 0.25) is 0 Å². The van der Waals surface area contributed by atoms with Crippen molar-refractivity contribution in [1.82, 2.24) is 0 Å². The van der Waals surface area contributed by atoms with Crippen molar-refractivity contribution < 1.29 is 22.7 Å². The van der Waals surface area contributed by atoms with Crippen LogP contribution in [0, 0.1) is 12.7 Å². The van der Waals surface area contributed by atoms with Gasteiger partial charge in [-0.1, -0.05) is 6.07 Å². The Kier molecular flexibility index (Phi) is 3.78. The van der Waals surface area contributed by atoms with E-state index in [1.54, 1.807) is 6.92 Å². The number of aryl methyl sites for hydroxylation is 1. The highest BCUT2D eigenvalue weighted by Crippen LogP contribution is 2.24. The Bertz CT molecular complexity index is 768. The van der Waals surface area contributed by atoms with E-state index in [-0.39, 0.29) is 15.5 Å². The second kappa shape index (κ2) is 5.22. The van der Waals surface area contributed by atoms with Crippen molar-refractivity contribution in [3.63, 3.8) is 0 Å². The number of rotatable bonds is 4. The van der Waals surface area contributed by atoms with Crippen LogP contribution in [0.2, 0.25) is 0 Å². The number of carboxylic acid groups (broad SMARTS) is 1. The zero-order valence-electron chi connectivity index (χ0n) is 10.3. The van der Waals surface area contributed by atoms with Crippen molar-refractivity contribution in [3.05, 3.63) is 46.6 Å². The summed E-state index contributed by atoms with van der Waals surface area (Å²) in [5, 5.41) is 9.99. The van der Waals surface area contributed by atoms with E-state index in [0.29, 0.717) is 5.56 Å². The zero-order chi connectivity index (χ0) is 14.9. The summed E-state index contributed by atoms with van der Waals surface area (Å²) >= 11 is 0.786. The summed E-state index contributed by atoms with van der Waals surface area (Å²) in [6.45, 7) is 1.56. The summed E-state index contributed by atoms with van der Waals surface area (Å²) in [6, 6.07) is 5.00. The number of thiophene rings is 1. The third kappa shape index (κ3) is 2.97.